The van der Waals surface area contributed by atoms with Gasteiger partial charge in [-0.05, 0) is 25.1 Å². The maximum atomic E-state index is 11.6. The number of nitrogens with two attached hydrogens (primary N) is 1. The predicted octanol–water partition coefficient (Wildman–Crippen LogP) is 1.94. The Morgan fingerprint density at radius 1 is 1.35 bits per heavy atom. The average molecular weight is 294 g/mol. The average Bonchev–Trinajstić information content (AvgIpc) is 2.28. The number of halogens is 1. The first-order chi connectivity index (χ1) is 8.08. The second-order valence-corrected chi connectivity index (χ2v) is 4.63. The van der Waals surface area contributed by atoms with Crippen LogP contribution in [0.2, 0.25) is 0 Å². The van der Waals surface area contributed by atoms with E-state index >= 15 is 0 Å². The molecule has 5 heteroatoms. The van der Waals surface area contributed by atoms with E-state index in [2.05, 4.69) is 21.0 Å². The first kappa shape index (κ1) is 11.9. The lowest BCUT2D eigenvalue weighted by atomic mass is 10.2. The van der Waals surface area contributed by atoms with Crippen LogP contribution in [0.5, 0.6) is 0 Å². The highest BCUT2D eigenvalue weighted by Gasteiger charge is 2.06. The number of aryl methyl sites for hydroxylation is 1. The Balaban J connectivity index is 2.45. The molecule has 2 aromatic rings. The Kier molecular flexibility index (Phi) is 3.28. The van der Waals surface area contributed by atoms with Crippen molar-refractivity contribution in [3.63, 3.8) is 0 Å². The molecule has 0 radical (unpaired) electrons. The van der Waals surface area contributed by atoms with E-state index in [9.17, 15) is 4.79 Å². The van der Waals surface area contributed by atoms with Gasteiger partial charge < -0.3 is 5.73 Å². The Labute approximate surface area is 107 Å². The van der Waals surface area contributed by atoms with Crippen molar-refractivity contribution in [2.24, 2.45) is 0 Å². The number of hydrogen-bond donors (Lipinski definition) is 1. The highest BCUT2D eigenvalue weighted by atomic mass is 79.9. The van der Waals surface area contributed by atoms with Crippen molar-refractivity contribution in [3.8, 4) is 0 Å². The molecule has 0 spiro atoms. The Hall–Kier alpha value is -1.62. The van der Waals surface area contributed by atoms with E-state index in [1.54, 1.807) is 12.1 Å². The van der Waals surface area contributed by atoms with Gasteiger partial charge in [-0.25, -0.2) is 4.68 Å². The van der Waals surface area contributed by atoms with Gasteiger partial charge in [-0.3, -0.25) is 4.79 Å². The van der Waals surface area contributed by atoms with E-state index < -0.39 is 0 Å². The Bertz CT molecular complexity index is 587. The number of aromatic nitrogens is 2. The van der Waals surface area contributed by atoms with Gasteiger partial charge in [0.2, 0.25) is 0 Å². The third-order valence-electron chi connectivity index (χ3n) is 2.46. The molecule has 0 amide bonds. The zero-order chi connectivity index (χ0) is 12.4. The molecule has 88 valence electrons. The predicted molar refractivity (Wildman–Crippen MR) is 70.9 cm³/mol. The lowest BCUT2D eigenvalue weighted by Gasteiger charge is -2.09. The number of rotatable bonds is 2. The molecule has 0 saturated carbocycles. The second-order valence-electron chi connectivity index (χ2n) is 3.78. The fourth-order valence-corrected chi connectivity index (χ4v) is 2.06. The first-order valence-corrected chi connectivity index (χ1v) is 5.95. The van der Waals surface area contributed by atoms with Crippen LogP contribution < -0.4 is 11.3 Å². The van der Waals surface area contributed by atoms with Gasteiger partial charge in [0.05, 0.1) is 12.2 Å². The van der Waals surface area contributed by atoms with E-state index in [-0.39, 0.29) is 5.56 Å². The molecule has 0 aliphatic rings. The van der Waals surface area contributed by atoms with Crippen molar-refractivity contribution < 1.29 is 0 Å². The minimum atomic E-state index is -0.134. The third-order valence-corrected chi connectivity index (χ3v) is 3.21. The summed E-state index contributed by atoms with van der Waals surface area (Å²) in [4.78, 5) is 11.6. The van der Waals surface area contributed by atoms with Gasteiger partial charge in [0, 0.05) is 21.8 Å². The van der Waals surface area contributed by atoms with Crippen LogP contribution in [0.25, 0.3) is 0 Å². The van der Waals surface area contributed by atoms with Crippen molar-refractivity contribution in [3.05, 3.63) is 56.4 Å². The minimum absolute atomic E-state index is 0.134. The molecule has 0 atom stereocenters. The smallest absolute Gasteiger partial charge is 0.267 e. The van der Waals surface area contributed by atoms with Gasteiger partial charge >= 0.3 is 0 Å². The molecule has 0 bridgehead atoms. The van der Waals surface area contributed by atoms with Gasteiger partial charge in [0.25, 0.3) is 5.56 Å². The lowest BCUT2D eigenvalue weighted by molar-refractivity contribution is 0.628. The van der Waals surface area contributed by atoms with E-state index in [0.29, 0.717) is 12.2 Å². The minimum Gasteiger partial charge on any atom is -0.398 e. The van der Waals surface area contributed by atoms with Crippen LogP contribution in [-0.2, 0) is 6.54 Å². The number of nitrogens with zero attached hydrogens (tertiary/aromatic N) is 2. The Morgan fingerprint density at radius 3 is 2.82 bits per heavy atom. The van der Waals surface area contributed by atoms with Gasteiger partial charge in [-0.15, -0.1) is 0 Å². The fraction of sp³-hybridized carbons (Fsp3) is 0.167. The summed E-state index contributed by atoms with van der Waals surface area (Å²) < 4.78 is 2.29. The number of hydrogen-bond acceptors (Lipinski definition) is 3. The molecule has 0 unspecified atom stereocenters. The lowest BCUT2D eigenvalue weighted by Crippen LogP contribution is -2.23. The third kappa shape index (κ3) is 2.55. The highest BCUT2D eigenvalue weighted by Crippen LogP contribution is 2.22. The molecule has 17 heavy (non-hydrogen) atoms. The first-order valence-electron chi connectivity index (χ1n) is 5.15. The monoisotopic (exact) mass is 293 g/mol. The highest BCUT2D eigenvalue weighted by molar-refractivity contribution is 9.10. The van der Waals surface area contributed by atoms with Crippen molar-refractivity contribution in [2.75, 3.05) is 5.73 Å². The van der Waals surface area contributed by atoms with Crippen molar-refractivity contribution in [1.29, 1.82) is 0 Å². The number of anilines is 1. The van der Waals surface area contributed by atoms with Gasteiger partial charge in [0.1, 0.15) is 0 Å². The summed E-state index contributed by atoms with van der Waals surface area (Å²) in [7, 11) is 0. The molecular formula is C12H12BrN3O. The summed E-state index contributed by atoms with van der Waals surface area (Å²) in [6.07, 6.45) is 0. The summed E-state index contributed by atoms with van der Waals surface area (Å²) in [5.41, 5.74) is 8.07. The largest absolute Gasteiger partial charge is 0.398 e. The van der Waals surface area contributed by atoms with Crippen molar-refractivity contribution in [2.45, 2.75) is 13.5 Å². The van der Waals surface area contributed by atoms with Crippen LogP contribution in [0.3, 0.4) is 0 Å². The summed E-state index contributed by atoms with van der Waals surface area (Å²) in [6.45, 7) is 2.22. The topological polar surface area (TPSA) is 60.9 Å². The molecule has 0 fully saturated rings. The molecule has 0 aliphatic carbocycles. The van der Waals surface area contributed by atoms with Gasteiger partial charge in [0.15, 0.2) is 0 Å². The van der Waals surface area contributed by atoms with E-state index in [4.69, 9.17) is 5.73 Å². The summed E-state index contributed by atoms with van der Waals surface area (Å²) in [5.74, 6) is 0. The van der Waals surface area contributed by atoms with Crippen LogP contribution in [0.4, 0.5) is 5.69 Å². The van der Waals surface area contributed by atoms with Crippen LogP contribution >= 0.6 is 15.9 Å². The Morgan fingerprint density at radius 2 is 2.12 bits per heavy atom. The maximum absolute atomic E-state index is 11.6. The maximum Gasteiger partial charge on any atom is 0.267 e. The molecule has 2 rings (SSSR count). The fourth-order valence-electron chi connectivity index (χ4n) is 1.56. The number of benzene rings is 1. The normalized spacial score (nSPS) is 10.5. The van der Waals surface area contributed by atoms with Crippen molar-refractivity contribution in [1.82, 2.24) is 9.78 Å². The molecule has 1 aromatic carbocycles. The van der Waals surface area contributed by atoms with Crippen LogP contribution in [0.15, 0.2) is 39.6 Å². The molecule has 0 saturated heterocycles. The molecule has 0 aliphatic heterocycles. The zero-order valence-corrected chi connectivity index (χ0v) is 10.9. The molecule has 1 aromatic heterocycles. The summed E-state index contributed by atoms with van der Waals surface area (Å²) >= 11 is 3.42. The number of nitrogen functional groups attached to an aromatic ring is 1. The van der Waals surface area contributed by atoms with Crippen molar-refractivity contribution >= 4 is 21.6 Å². The SMILES string of the molecule is Cc1ccc(=O)n(Cc2c(N)cccc2Br)n1. The molecule has 1 heterocycles. The van der Waals surface area contributed by atoms with E-state index in [1.807, 2.05) is 19.1 Å². The quantitative estimate of drug-likeness (QED) is 0.861. The standard InChI is InChI=1S/C12H12BrN3O/c1-8-5-6-12(17)16(15-8)7-9-10(13)3-2-4-11(9)14/h2-6H,7,14H2,1H3. The van der Waals surface area contributed by atoms with Gasteiger partial charge in [-0.2, -0.15) is 5.10 Å². The summed E-state index contributed by atoms with van der Waals surface area (Å²) in [6, 6.07) is 8.76. The molecule has 4 nitrogen and oxygen atoms in total. The zero-order valence-electron chi connectivity index (χ0n) is 9.35. The second kappa shape index (κ2) is 4.71. The van der Waals surface area contributed by atoms with Crippen LogP contribution in [0.1, 0.15) is 11.3 Å². The van der Waals surface area contributed by atoms with E-state index in [0.717, 1.165) is 15.7 Å². The molecule has 2 N–H and O–H groups in total. The van der Waals surface area contributed by atoms with Crippen LogP contribution in [-0.4, -0.2) is 9.78 Å². The summed E-state index contributed by atoms with van der Waals surface area (Å²) in [5, 5.41) is 4.18. The van der Waals surface area contributed by atoms with Crippen LogP contribution in [0, 0.1) is 6.92 Å². The van der Waals surface area contributed by atoms with Gasteiger partial charge in [-0.1, -0.05) is 22.0 Å². The van der Waals surface area contributed by atoms with E-state index in [1.165, 1.54) is 10.7 Å². The molecular weight excluding hydrogens is 282 g/mol.